The van der Waals surface area contributed by atoms with E-state index in [1.165, 1.54) is 0 Å². The highest BCUT2D eigenvalue weighted by Gasteiger charge is 2.24. The normalized spacial score (nSPS) is 13.1. The molecule has 10 nitrogen and oxygen atoms in total. The van der Waals surface area contributed by atoms with E-state index in [4.69, 9.17) is 4.98 Å². The number of para-hydroxylation sites is 4. The molecule has 0 aliphatic carbocycles. The molecule has 0 saturated heterocycles. The number of pyridine rings is 1. The van der Waals surface area contributed by atoms with Crippen LogP contribution in [0.15, 0.2) is 77.9 Å². The molecule has 196 valence electrons. The van der Waals surface area contributed by atoms with Crippen LogP contribution in [0.2, 0.25) is 0 Å². The first-order chi connectivity index (χ1) is 18.5. The molecule has 1 aliphatic heterocycles. The lowest BCUT2D eigenvalue weighted by molar-refractivity contribution is 0.0953. The van der Waals surface area contributed by atoms with Crippen molar-refractivity contribution < 1.29 is 15.2 Å². The largest absolute Gasteiger partial charge is 0.353 e. The Balaban J connectivity index is 1.05. The molecule has 0 atom stereocenters. The molecule has 1 aliphatic rings. The van der Waals surface area contributed by atoms with Crippen molar-refractivity contribution in [3.05, 3.63) is 78.4 Å². The molecule has 0 bridgehead atoms. The van der Waals surface area contributed by atoms with Crippen LogP contribution < -0.4 is 20.9 Å². The van der Waals surface area contributed by atoms with E-state index in [9.17, 15) is 15.2 Å². The van der Waals surface area contributed by atoms with Crippen molar-refractivity contribution in [3.63, 3.8) is 0 Å². The number of hydrazone groups is 1. The number of nitrogens with one attached hydrogen (secondary N) is 2. The van der Waals surface area contributed by atoms with Crippen LogP contribution in [0.25, 0.3) is 21.8 Å². The number of nitrogens with zero attached hydrogens (tertiary/aromatic N) is 5. The maximum absolute atomic E-state index is 12.9. The van der Waals surface area contributed by atoms with Crippen LogP contribution in [0.4, 0.5) is 11.4 Å². The van der Waals surface area contributed by atoms with Crippen molar-refractivity contribution in [2.45, 2.75) is 12.8 Å². The number of hydrogen-bond acceptors (Lipinski definition) is 9. The number of amides is 1. The number of anilines is 2. The fourth-order valence-corrected chi connectivity index (χ4v) is 4.51. The van der Waals surface area contributed by atoms with E-state index in [-0.39, 0.29) is 11.9 Å². The second kappa shape index (κ2) is 11.4. The second-order valence-electron chi connectivity index (χ2n) is 9.26. The van der Waals surface area contributed by atoms with Gasteiger partial charge in [0.2, 0.25) is 5.96 Å². The van der Waals surface area contributed by atoms with Crippen molar-refractivity contribution >= 4 is 45.0 Å². The third kappa shape index (κ3) is 5.52. The number of fused-ring (bicyclic) bond motifs is 3. The summed E-state index contributed by atoms with van der Waals surface area (Å²) in [6.07, 6.45) is 1.61. The monoisotopic (exact) mass is 513 g/mol. The van der Waals surface area contributed by atoms with E-state index in [1.54, 1.807) is 24.3 Å². The zero-order valence-electron chi connectivity index (χ0n) is 21.2. The van der Waals surface area contributed by atoms with Gasteiger partial charge in [-0.3, -0.25) is 15.2 Å². The highest BCUT2D eigenvalue weighted by molar-refractivity contribution is 6.07. The molecule has 0 fully saturated rings. The Morgan fingerprint density at radius 1 is 0.895 bits per heavy atom. The summed E-state index contributed by atoms with van der Waals surface area (Å²) in [6.45, 7) is 2.77. The van der Waals surface area contributed by atoms with Gasteiger partial charge in [-0.15, -0.1) is 10.3 Å². The average Bonchev–Trinajstić information content (AvgIpc) is 2.94. The zero-order valence-corrected chi connectivity index (χ0v) is 21.2. The van der Waals surface area contributed by atoms with Gasteiger partial charge in [0.15, 0.2) is 0 Å². The van der Waals surface area contributed by atoms with Gasteiger partial charge >= 0.3 is 0 Å². The van der Waals surface area contributed by atoms with Crippen molar-refractivity contribution in [2.75, 3.05) is 43.5 Å². The Labute approximate surface area is 220 Å². The lowest BCUT2D eigenvalue weighted by atomic mass is 10.1. The smallest absolute Gasteiger partial charge is 0.253 e. The molecule has 2 heterocycles. The van der Waals surface area contributed by atoms with Crippen LogP contribution in [-0.4, -0.2) is 65.4 Å². The Bertz CT molecular complexity index is 1480. The second-order valence-corrected chi connectivity index (χ2v) is 9.26. The Morgan fingerprint density at radius 2 is 1.61 bits per heavy atom. The van der Waals surface area contributed by atoms with Crippen LogP contribution in [-0.2, 0) is 0 Å². The molecular formula is C28H31N7O3. The SMILES string of the molecule is CN(CCCNC(=O)c1cccc2cc3ccccc3nc12)CCCNC1=NN(O)c2ccccc2N1O. The number of carbonyl (C=O) groups excluding carboxylic acids is 1. The van der Waals surface area contributed by atoms with Crippen molar-refractivity contribution in [1.29, 1.82) is 0 Å². The summed E-state index contributed by atoms with van der Waals surface area (Å²) >= 11 is 0. The predicted octanol–water partition coefficient (Wildman–Crippen LogP) is 3.80. The lowest BCUT2D eigenvalue weighted by Gasteiger charge is -2.29. The van der Waals surface area contributed by atoms with Gasteiger partial charge in [-0.25, -0.2) is 4.98 Å². The Morgan fingerprint density at radius 3 is 2.45 bits per heavy atom. The first-order valence-electron chi connectivity index (χ1n) is 12.7. The van der Waals surface area contributed by atoms with E-state index >= 15 is 0 Å². The summed E-state index contributed by atoms with van der Waals surface area (Å²) in [4.78, 5) is 19.8. The fourth-order valence-electron chi connectivity index (χ4n) is 4.51. The van der Waals surface area contributed by atoms with Crippen molar-refractivity contribution in [3.8, 4) is 0 Å². The molecule has 38 heavy (non-hydrogen) atoms. The summed E-state index contributed by atoms with van der Waals surface area (Å²) in [7, 11) is 2.03. The number of carbonyl (C=O) groups is 1. The highest BCUT2D eigenvalue weighted by atomic mass is 16.5. The summed E-state index contributed by atoms with van der Waals surface area (Å²) in [5, 5.41) is 34.2. The molecule has 0 radical (unpaired) electrons. The van der Waals surface area contributed by atoms with Gasteiger partial charge < -0.3 is 15.5 Å². The molecule has 0 unspecified atom stereocenters. The maximum atomic E-state index is 12.9. The maximum Gasteiger partial charge on any atom is 0.253 e. The number of benzene rings is 3. The molecule has 3 aromatic carbocycles. The quantitative estimate of drug-likeness (QED) is 0.197. The third-order valence-corrected chi connectivity index (χ3v) is 6.51. The van der Waals surface area contributed by atoms with E-state index in [0.717, 1.165) is 52.5 Å². The van der Waals surface area contributed by atoms with Crippen LogP contribution >= 0.6 is 0 Å². The van der Waals surface area contributed by atoms with Gasteiger partial charge in [-0.2, -0.15) is 5.06 Å². The van der Waals surface area contributed by atoms with E-state index in [1.807, 2.05) is 49.5 Å². The van der Waals surface area contributed by atoms with E-state index in [2.05, 4.69) is 26.7 Å². The number of hydroxylamine groups is 1. The van der Waals surface area contributed by atoms with E-state index < -0.39 is 0 Å². The molecule has 0 spiro atoms. The van der Waals surface area contributed by atoms with Gasteiger partial charge in [0, 0.05) is 23.9 Å². The van der Waals surface area contributed by atoms with Gasteiger partial charge in [-0.1, -0.05) is 42.5 Å². The minimum atomic E-state index is -0.119. The topological polar surface area (TPSA) is 117 Å². The Kier molecular flexibility index (Phi) is 7.64. The van der Waals surface area contributed by atoms with E-state index in [0.29, 0.717) is 35.5 Å². The van der Waals surface area contributed by atoms with Crippen molar-refractivity contribution in [1.82, 2.24) is 20.5 Å². The van der Waals surface area contributed by atoms with Crippen LogP contribution in [0.1, 0.15) is 23.2 Å². The van der Waals surface area contributed by atoms with Crippen molar-refractivity contribution in [2.24, 2.45) is 5.10 Å². The lowest BCUT2D eigenvalue weighted by Crippen LogP contribution is -2.45. The van der Waals surface area contributed by atoms with Gasteiger partial charge in [0.25, 0.3) is 5.91 Å². The standard InChI is InChI=1S/C28H31N7O3/c1-33(18-8-16-30-28-32-35(38)25-14-5-4-13-24(25)34(28)37)17-7-15-29-27(36)22-11-6-10-21-19-20-9-2-3-12-23(20)31-26(21)22/h2-6,9-14,19,37-38H,7-8,15-18H2,1H3,(H,29,36)(H,30,32). The molecule has 4 aromatic rings. The first-order valence-corrected chi connectivity index (χ1v) is 12.7. The molecule has 10 heteroatoms. The molecule has 1 aromatic heterocycles. The number of guanidine groups is 1. The van der Waals surface area contributed by atoms with Gasteiger partial charge in [-0.05, 0) is 63.3 Å². The van der Waals surface area contributed by atoms with Gasteiger partial charge in [0.1, 0.15) is 11.4 Å². The minimum absolute atomic E-state index is 0.119. The summed E-state index contributed by atoms with van der Waals surface area (Å²) in [6, 6.07) is 22.6. The number of aromatic nitrogens is 1. The number of rotatable bonds is 9. The average molecular weight is 514 g/mol. The molecule has 4 N–H and O–H groups in total. The zero-order chi connectivity index (χ0) is 26.5. The first kappa shape index (κ1) is 25.4. The summed E-state index contributed by atoms with van der Waals surface area (Å²) < 4.78 is 0. The predicted molar refractivity (Wildman–Crippen MR) is 149 cm³/mol. The minimum Gasteiger partial charge on any atom is -0.353 e. The van der Waals surface area contributed by atoms with Crippen LogP contribution in [0.3, 0.4) is 0 Å². The molecular weight excluding hydrogens is 482 g/mol. The molecule has 5 rings (SSSR count). The molecule has 0 saturated carbocycles. The summed E-state index contributed by atoms with van der Waals surface area (Å²) in [5.41, 5.74) is 3.01. The van der Waals surface area contributed by atoms with Crippen LogP contribution in [0, 0.1) is 0 Å². The third-order valence-electron chi connectivity index (χ3n) is 6.51. The van der Waals surface area contributed by atoms with Crippen LogP contribution in [0.5, 0.6) is 0 Å². The molecule has 1 amide bonds. The highest BCUT2D eigenvalue weighted by Crippen LogP contribution is 2.30. The fraction of sp³-hybridized carbons (Fsp3) is 0.250. The summed E-state index contributed by atoms with van der Waals surface area (Å²) in [5.74, 6) is 0.0408. The number of hydrogen-bond donors (Lipinski definition) is 4. The Hall–Kier alpha value is -4.25. The van der Waals surface area contributed by atoms with Gasteiger partial charge in [0.05, 0.1) is 16.6 Å².